The van der Waals surface area contributed by atoms with Gasteiger partial charge in [-0.25, -0.2) is 0 Å². The van der Waals surface area contributed by atoms with Crippen molar-refractivity contribution in [3.63, 3.8) is 0 Å². The average molecular weight is 637 g/mol. The number of hydrogen-bond donors (Lipinski definition) is 0. The highest BCUT2D eigenvalue weighted by molar-refractivity contribution is 5.30. The zero-order valence-electron chi connectivity index (χ0n) is 31.1. The van der Waals surface area contributed by atoms with E-state index in [0.717, 1.165) is 35.2 Å². The molecule has 4 atom stereocenters. The molecule has 4 rings (SSSR count). The molecule has 4 heteroatoms. The topological polar surface area (TPSA) is 36.9 Å². The summed E-state index contributed by atoms with van der Waals surface area (Å²) in [6.07, 6.45) is 12.5. The Morgan fingerprint density at radius 1 is 0.478 bits per heavy atom. The van der Waals surface area contributed by atoms with Gasteiger partial charge in [0.1, 0.15) is 11.5 Å². The quantitative estimate of drug-likeness (QED) is 0.193. The second-order valence-corrected chi connectivity index (χ2v) is 15.0. The summed E-state index contributed by atoms with van der Waals surface area (Å²) >= 11 is 0. The van der Waals surface area contributed by atoms with E-state index in [2.05, 4.69) is 104 Å². The molecule has 2 fully saturated rings. The van der Waals surface area contributed by atoms with Crippen LogP contribution in [-0.2, 0) is 9.47 Å². The van der Waals surface area contributed by atoms with Crippen molar-refractivity contribution in [2.45, 2.75) is 170 Å². The first-order valence-corrected chi connectivity index (χ1v) is 18.8. The summed E-state index contributed by atoms with van der Waals surface area (Å²) in [6, 6.07) is 16.9. The van der Waals surface area contributed by atoms with Crippen LogP contribution in [0.1, 0.15) is 156 Å². The maximum Gasteiger partial charge on any atom is 0.197 e. The Hall–Kier alpha value is -2.04. The monoisotopic (exact) mass is 637 g/mol. The van der Waals surface area contributed by atoms with Crippen LogP contribution in [-0.4, -0.2) is 24.8 Å². The molecule has 2 aromatic rings. The van der Waals surface area contributed by atoms with Crippen molar-refractivity contribution in [3.05, 3.63) is 59.7 Å². The highest BCUT2D eigenvalue weighted by atomic mass is 16.7. The minimum Gasteiger partial charge on any atom is -0.465 e. The van der Waals surface area contributed by atoms with Gasteiger partial charge < -0.3 is 18.9 Å². The summed E-state index contributed by atoms with van der Waals surface area (Å²) in [5.74, 6) is 6.37. The van der Waals surface area contributed by atoms with Gasteiger partial charge in [0, 0.05) is 0 Å². The van der Waals surface area contributed by atoms with Gasteiger partial charge in [0.05, 0.1) is 12.2 Å². The van der Waals surface area contributed by atoms with Crippen LogP contribution in [0.25, 0.3) is 0 Å². The number of hydrogen-bond acceptors (Lipinski definition) is 4. The standard InChI is InChI=1S/2C21H34O2/c2*1-6-16(4)19-9-13-21(14-10-19)23-17(5)22-20-11-7-18(8-12-20)15(2)3/h2*9-10,13-18,20H,6-8,11-12H2,1-5H3. The fourth-order valence-electron chi connectivity index (χ4n) is 6.98. The molecule has 2 aliphatic rings. The SMILES string of the molecule is CCC(C)c1ccc(OC(C)OC2CCC(C(C)C)CC2)cc1.CCC(C)c1ccc(OC(C)OC2CCC(C(C)C)CC2)cc1. The third-order valence-electron chi connectivity index (χ3n) is 10.8. The van der Waals surface area contributed by atoms with Crippen LogP contribution in [0.2, 0.25) is 0 Å². The predicted octanol–water partition coefficient (Wildman–Crippen LogP) is 12.3. The minimum absolute atomic E-state index is 0.176. The molecule has 46 heavy (non-hydrogen) atoms. The predicted molar refractivity (Wildman–Crippen MR) is 194 cm³/mol. The molecule has 0 aliphatic heterocycles. The van der Waals surface area contributed by atoms with Gasteiger partial charge in [-0.3, -0.25) is 0 Å². The maximum absolute atomic E-state index is 6.10. The fourth-order valence-corrected chi connectivity index (χ4v) is 6.98. The molecule has 0 heterocycles. The first-order chi connectivity index (χ1) is 22.0. The van der Waals surface area contributed by atoms with E-state index in [-0.39, 0.29) is 12.6 Å². The van der Waals surface area contributed by atoms with E-state index >= 15 is 0 Å². The molecular weight excluding hydrogens is 568 g/mol. The fraction of sp³-hybridized carbons (Fsp3) is 0.714. The lowest BCUT2D eigenvalue weighted by Crippen LogP contribution is -2.29. The molecule has 0 bridgehead atoms. The summed E-state index contributed by atoms with van der Waals surface area (Å²) < 4.78 is 24.1. The van der Waals surface area contributed by atoms with Gasteiger partial charge in [0.15, 0.2) is 12.6 Å². The Morgan fingerprint density at radius 3 is 1.04 bits per heavy atom. The third-order valence-corrected chi connectivity index (χ3v) is 10.8. The lowest BCUT2D eigenvalue weighted by molar-refractivity contribution is -0.121. The van der Waals surface area contributed by atoms with Crippen LogP contribution in [0.3, 0.4) is 0 Å². The molecule has 2 saturated carbocycles. The van der Waals surface area contributed by atoms with E-state index in [1.54, 1.807) is 0 Å². The van der Waals surface area contributed by atoms with E-state index in [1.165, 1.54) is 75.3 Å². The Kier molecular flexibility index (Phi) is 16.5. The van der Waals surface area contributed by atoms with E-state index < -0.39 is 0 Å². The smallest absolute Gasteiger partial charge is 0.197 e. The molecule has 0 aromatic heterocycles. The second kappa shape index (κ2) is 19.7. The summed E-state index contributed by atoms with van der Waals surface area (Å²) in [5.41, 5.74) is 2.75. The number of benzene rings is 2. The highest BCUT2D eigenvalue weighted by Gasteiger charge is 2.26. The van der Waals surface area contributed by atoms with Gasteiger partial charge >= 0.3 is 0 Å². The number of ether oxygens (including phenoxy) is 4. The Morgan fingerprint density at radius 2 is 0.783 bits per heavy atom. The molecule has 4 nitrogen and oxygen atoms in total. The van der Waals surface area contributed by atoms with Crippen LogP contribution in [0.15, 0.2) is 48.5 Å². The van der Waals surface area contributed by atoms with Gasteiger partial charge in [-0.1, -0.05) is 79.7 Å². The van der Waals surface area contributed by atoms with E-state index in [1.807, 2.05) is 13.8 Å². The van der Waals surface area contributed by atoms with Crippen LogP contribution < -0.4 is 9.47 Å². The first kappa shape index (κ1) is 38.4. The maximum atomic E-state index is 6.10. The van der Waals surface area contributed by atoms with Crippen molar-refractivity contribution in [2.24, 2.45) is 23.7 Å². The van der Waals surface area contributed by atoms with Gasteiger partial charge in [0.25, 0.3) is 0 Å². The van der Waals surface area contributed by atoms with Crippen molar-refractivity contribution in [2.75, 3.05) is 0 Å². The van der Waals surface area contributed by atoms with Crippen LogP contribution >= 0.6 is 0 Å². The van der Waals surface area contributed by atoms with Gasteiger partial charge in [0.2, 0.25) is 0 Å². The molecule has 0 N–H and O–H groups in total. The van der Waals surface area contributed by atoms with Crippen molar-refractivity contribution >= 4 is 0 Å². The lowest BCUT2D eigenvalue weighted by atomic mass is 9.80. The Labute approximate surface area is 283 Å². The van der Waals surface area contributed by atoms with Gasteiger partial charge in [-0.2, -0.15) is 0 Å². The van der Waals surface area contributed by atoms with E-state index in [9.17, 15) is 0 Å². The molecule has 0 radical (unpaired) electrons. The van der Waals surface area contributed by atoms with Crippen LogP contribution in [0, 0.1) is 23.7 Å². The minimum atomic E-state index is -0.176. The third kappa shape index (κ3) is 12.9. The zero-order valence-corrected chi connectivity index (χ0v) is 31.1. The molecule has 2 aliphatic carbocycles. The van der Waals surface area contributed by atoms with Crippen molar-refractivity contribution in [1.29, 1.82) is 0 Å². The molecule has 0 amide bonds. The number of rotatable bonds is 14. The van der Waals surface area contributed by atoms with Crippen LogP contribution in [0.5, 0.6) is 11.5 Å². The van der Waals surface area contributed by atoms with Crippen molar-refractivity contribution < 1.29 is 18.9 Å². The largest absolute Gasteiger partial charge is 0.465 e. The summed E-state index contributed by atoms with van der Waals surface area (Å²) in [4.78, 5) is 0. The molecule has 0 saturated heterocycles. The molecule has 2 aromatic carbocycles. The van der Waals surface area contributed by atoms with E-state index in [0.29, 0.717) is 24.0 Å². The summed E-state index contributed by atoms with van der Waals surface area (Å²) in [7, 11) is 0. The van der Waals surface area contributed by atoms with Crippen molar-refractivity contribution in [3.8, 4) is 11.5 Å². The van der Waals surface area contributed by atoms with Gasteiger partial charge in [-0.05, 0) is 149 Å². The lowest BCUT2D eigenvalue weighted by Gasteiger charge is -2.32. The Bertz CT molecular complexity index is 974. The second-order valence-electron chi connectivity index (χ2n) is 15.0. The summed E-state index contributed by atoms with van der Waals surface area (Å²) in [6.45, 7) is 22.3. The molecule has 4 unspecified atom stereocenters. The average Bonchev–Trinajstić information content (AvgIpc) is 3.05. The summed E-state index contributed by atoms with van der Waals surface area (Å²) in [5, 5.41) is 0. The van der Waals surface area contributed by atoms with Crippen molar-refractivity contribution in [1.82, 2.24) is 0 Å². The Balaban J connectivity index is 0.000000250. The molecule has 260 valence electrons. The van der Waals surface area contributed by atoms with Gasteiger partial charge in [-0.15, -0.1) is 0 Å². The first-order valence-electron chi connectivity index (χ1n) is 18.8. The highest BCUT2D eigenvalue weighted by Crippen LogP contribution is 2.33. The van der Waals surface area contributed by atoms with Crippen LogP contribution in [0.4, 0.5) is 0 Å². The molecular formula is C42H68O4. The molecule has 0 spiro atoms. The zero-order chi connectivity index (χ0) is 33.6. The normalized spacial score (nSPS) is 24.4. The van der Waals surface area contributed by atoms with E-state index in [4.69, 9.17) is 18.9 Å².